The van der Waals surface area contributed by atoms with E-state index >= 15 is 0 Å². The van der Waals surface area contributed by atoms with Gasteiger partial charge in [0.1, 0.15) is 5.52 Å². The Hall–Kier alpha value is -2.96. The summed E-state index contributed by atoms with van der Waals surface area (Å²) in [5.41, 5.74) is 2.46. The number of hydrogen-bond donors (Lipinski definition) is 2. The molecule has 0 bridgehead atoms. The zero-order valence-corrected chi connectivity index (χ0v) is 21.8. The Kier molecular flexibility index (Phi) is 7.00. The standard InChI is InChI=1S/C29H39N5O2/c1-19-12-14-21(15-13-19)16-29(3,23-10-5-4-6-11-23)17-34-18-30-25-24(34)26(33-27(32-25)28(35)36)31-20(2)22-8-7-9-22/h4-6,10-11,18-22H,7-9,12-17H2,1-3H3,(H,35,36)(H,31,32,33)/t19?,20-,21?,29?/m1/s1. The van der Waals surface area contributed by atoms with Gasteiger partial charge in [0.15, 0.2) is 11.5 Å². The lowest BCUT2D eigenvalue weighted by atomic mass is 9.70. The zero-order chi connectivity index (χ0) is 25.3. The van der Waals surface area contributed by atoms with Crippen molar-refractivity contribution in [1.29, 1.82) is 0 Å². The molecule has 2 aliphatic rings. The number of anilines is 1. The number of benzene rings is 1. The summed E-state index contributed by atoms with van der Waals surface area (Å²) >= 11 is 0. The quantitative estimate of drug-likeness (QED) is 0.366. The van der Waals surface area contributed by atoms with Crippen molar-refractivity contribution in [2.24, 2.45) is 17.8 Å². The molecular weight excluding hydrogens is 450 g/mol. The summed E-state index contributed by atoms with van der Waals surface area (Å²) in [5, 5.41) is 13.2. The Labute approximate surface area is 213 Å². The molecule has 3 aromatic rings. The molecule has 2 aliphatic carbocycles. The predicted molar refractivity (Wildman–Crippen MR) is 142 cm³/mol. The van der Waals surface area contributed by atoms with E-state index in [9.17, 15) is 9.90 Å². The molecule has 2 N–H and O–H groups in total. The molecule has 5 rings (SSSR count). The van der Waals surface area contributed by atoms with Gasteiger partial charge in [0, 0.05) is 18.0 Å². The summed E-state index contributed by atoms with van der Waals surface area (Å²) < 4.78 is 2.15. The van der Waals surface area contributed by atoms with E-state index in [4.69, 9.17) is 0 Å². The van der Waals surface area contributed by atoms with E-state index < -0.39 is 5.97 Å². The first-order chi connectivity index (χ1) is 17.3. The third-order valence-corrected chi connectivity index (χ3v) is 8.75. The number of imidazole rings is 1. The second kappa shape index (κ2) is 10.2. The van der Waals surface area contributed by atoms with Gasteiger partial charge in [-0.3, -0.25) is 0 Å². The topological polar surface area (TPSA) is 92.9 Å². The fourth-order valence-electron chi connectivity index (χ4n) is 6.23. The minimum Gasteiger partial charge on any atom is -0.475 e. The monoisotopic (exact) mass is 489 g/mol. The maximum atomic E-state index is 11.8. The number of aromatic carboxylic acids is 1. The lowest BCUT2D eigenvalue weighted by molar-refractivity contribution is 0.0684. The first-order valence-corrected chi connectivity index (χ1v) is 13.6. The van der Waals surface area contributed by atoms with Crippen LogP contribution in [0.1, 0.15) is 88.3 Å². The average molecular weight is 490 g/mol. The molecule has 1 aromatic carbocycles. The normalized spacial score (nSPS) is 23.1. The molecule has 2 atom stereocenters. The first-order valence-electron chi connectivity index (χ1n) is 13.6. The number of hydrogen-bond acceptors (Lipinski definition) is 5. The van der Waals surface area contributed by atoms with Gasteiger partial charge in [0.25, 0.3) is 0 Å². The minimum atomic E-state index is -1.13. The third kappa shape index (κ3) is 5.11. The number of carboxylic acid groups (broad SMARTS) is 1. The number of nitrogens with one attached hydrogen (secondary N) is 1. The van der Waals surface area contributed by atoms with Crippen LogP contribution in [0, 0.1) is 17.8 Å². The number of carbonyl (C=O) groups is 1. The summed E-state index contributed by atoms with van der Waals surface area (Å²) in [6, 6.07) is 11.0. The largest absolute Gasteiger partial charge is 0.475 e. The average Bonchev–Trinajstić information content (AvgIpc) is 3.22. The maximum Gasteiger partial charge on any atom is 0.374 e. The molecule has 192 valence electrons. The van der Waals surface area contributed by atoms with Crippen molar-refractivity contribution < 1.29 is 9.90 Å². The molecule has 0 radical (unpaired) electrons. The zero-order valence-electron chi connectivity index (χ0n) is 21.8. The van der Waals surface area contributed by atoms with Crippen LogP contribution in [0.4, 0.5) is 5.82 Å². The molecule has 2 fully saturated rings. The molecule has 2 aromatic heterocycles. The number of carboxylic acids is 1. The molecule has 7 heteroatoms. The second-order valence-electron chi connectivity index (χ2n) is 11.6. The van der Waals surface area contributed by atoms with E-state index in [1.807, 2.05) is 6.33 Å². The third-order valence-electron chi connectivity index (χ3n) is 8.75. The number of rotatable bonds is 9. The fourth-order valence-corrected chi connectivity index (χ4v) is 6.23. The van der Waals surface area contributed by atoms with Gasteiger partial charge in [-0.05, 0) is 49.5 Å². The molecule has 0 spiro atoms. The van der Waals surface area contributed by atoms with Crippen LogP contribution < -0.4 is 5.32 Å². The van der Waals surface area contributed by atoms with E-state index in [0.717, 1.165) is 24.4 Å². The van der Waals surface area contributed by atoms with Crippen molar-refractivity contribution in [3.05, 3.63) is 48.0 Å². The number of aromatic nitrogens is 4. The Morgan fingerprint density at radius 1 is 1.14 bits per heavy atom. The van der Waals surface area contributed by atoms with Gasteiger partial charge in [-0.25, -0.2) is 19.7 Å². The van der Waals surface area contributed by atoms with E-state index in [2.05, 4.69) is 75.9 Å². The van der Waals surface area contributed by atoms with Gasteiger partial charge in [-0.1, -0.05) is 76.3 Å². The maximum absolute atomic E-state index is 11.8. The van der Waals surface area contributed by atoms with Gasteiger partial charge in [-0.15, -0.1) is 0 Å². The van der Waals surface area contributed by atoms with Crippen LogP contribution in [0.25, 0.3) is 11.2 Å². The van der Waals surface area contributed by atoms with Crippen LogP contribution in [-0.4, -0.2) is 36.6 Å². The van der Waals surface area contributed by atoms with Crippen molar-refractivity contribution in [3.8, 4) is 0 Å². The lowest BCUT2D eigenvalue weighted by Gasteiger charge is -2.37. The Morgan fingerprint density at radius 3 is 2.50 bits per heavy atom. The predicted octanol–water partition coefficient (Wildman–Crippen LogP) is 6.30. The highest BCUT2D eigenvalue weighted by molar-refractivity contribution is 5.90. The van der Waals surface area contributed by atoms with E-state index in [1.165, 1.54) is 50.5 Å². The van der Waals surface area contributed by atoms with Gasteiger partial charge in [0.05, 0.1) is 6.33 Å². The fraction of sp³-hybridized carbons (Fsp3) is 0.586. The lowest BCUT2D eigenvalue weighted by Crippen LogP contribution is -2.33. The van der Waals surface area contributed by atoms with Gasteiger partial charge in [-0.2, -0.15) is 0 Å². The molecule has 0 amide bonds. The van der Waals surface area contributed by atoms with Crippen LogP contribution in [0.2, 0.25) is 0 Å². The van der Waals surface area contributed by atoms with E-state index in [1.54, 1.807) is 0 Å². The molecule has 0 saturated heterocycles. The molecular formula is C29H39N5O2. The Morgan fingerprint density at radius 2 is 1.86 bits per heavy atom. The van der Waals surface area contributed by atoms with Gasteiger partial charge < -0.3 is 15.0 Å². The highest BCUT2D eigenvalue weighted by Gasteiger charge is 2.34. The van der Waals surface area contributed by atoms with Crippen LogP contribution in [-0.2, 0) is 12.0 Å². The summed E-state index contributed by atoms with van der Waals surface area (Å²) in [6.45, 7) is 7.64. The second-order valence-corrected chi connectivity index (χ2v) is 11.6. The molecule has 0 aliphatic heterocycles. The SMILES string of the molecule is CC1CCC(CC(C)(Cn2cnc3nc(C(=O)O)nc(N[C@H](C)C4CCC4)c32)c2ccccc2)CC1. The Bertz CT molecular complexity index is 1200. The summed E-state index contributed by atoms with van der Waals surface area (Å²) in [5.74, 6) is 1.35. The van der Waals surface area contributed by atoms with Gasteiger partial charge in [0.2, 0.25) is 5.82 Å². The molecule has 2 saturated carbocycles. The van der Waals surface area contributed by atoms with Crippen LogP contribution >= 0.6 is 0 Å². The summed E-state index contributed by atoms with van der Waals surface area (Å²) in [4.78, 5) is 25.1. The minimum absolute atomic E-state index is 0.0948. The van der Waals surface area contributed by atoms with Crippen LogP contribution in [0.5, 0.6) is 0 Å². The molecule has 7 nitrogen and oxygen atoms in total. The van der Waals surface area contributed by atoms with Crippen molar-refractivity contribution in [1.82, 2.24) is 19.5 Å². The van der Waals surface area contributed by atoms with E-state index in [-0.39, 0.29) is 17.3 Å². The van der Waals surface area contributed by atoms with Crippen LogP contribution in [0.3, 0.4) is 0 Å². The molecule has 36 heavy (non-hydrogen) atoms. The number of nitrogens with zero attached hydrogens (tertiary/aromatic N) is 4. The molecule has 2 heterocycles. The Balaban J connectivity index is 1.51. The number of fused-ring (bicyclic) bond motifs is 1. The summed E-state index contributed by atoms with van der Waals surface area (Å²) in [7, 11) is 0. The summed E-state index contributed by atoms with van der Waals surface area (Å²) in [6.07, 6.45) is 11.7. The van der Waals surface area contributed by atoms with Crippen LogP contribution in [0.15, 0.2) is 36.7 Å². The van der Waals surface area contributed by atoms with Gasteiger partial charge >= 0.3 is 5.97 Å². The van der Waals surface area contributed by atoms with Crippen molar-refractivity contribution in [2.75, 3.05) is 5.32 Å². The molecule has 1 unspecified atom stereocenters. The van der Waals surface area contributed by atoms with Crippen molar-refractivity contribution in [3.63, 3.8) is 0 Å². The van der Waals surface area contributed by atoms with Crippen molar-refractivity contribution >= 4 is 23.0 Å². The first kappa shape index (κ1) is 24.7. The van der Waals surface area contributed by atoms with Crippen molar-refractivity contribution in [2.45, 2.75) is 90.1 Å². The van der Waals surface area contributed by atoms with E-state index in [0.29, 0.717) is 23.3 Å². The highest BCUT2D eigenvalue weighted by Crippen LogP contribution is 2.40. The highest BCUT2D eigenvalue weighted by atomic mass is 16.4. The smallest absolute Gasteiger partial charge is 0.374 e.